The predicted octanol–water partition coefficient (Wildman–Crippen LogP) is 4.82. The molecule has 1 fully saturated rings. The Morgan fingerprint density at radius 2 is 1.53 bits per heavy atom. The van der Waals surface area contributed by atoms with Gasteiger partial charge in [0.15, 0.2) is 15.7 Å². The molecule has 234 valence electrons. The van der Waals surface area contributed by atoms with Crippen molar-refractivity contribution >= 4 is 38.8 Å². The molecule has 1 saturated heterocycles. The van der Waals surface area contributed by atoms with E-state index in [0.29, 0.717) is 22.5 Å². The summed E-state index contributed by atoms with van der Waals surface area (Å²) >= 11 is 0. The number of nitrogens with one attached hydrogen (secondary N) is 1. The van der Waals surface area contributed by atoms with Gasteiger partial charge in [0.05, 0.1) is 17.2 Å². The molecule has 45 heavy (non-hydrogen) atoms. The third-order valence-electron chi connectivity index (χ3n) is 7.81. The van der Waals surface area contributed by atoms with Gasteiger partial charge in [0, 0.05) is 59.9 Å². The standard InChI is InChI=1S/C34H37N5O5S/c1-23-27(12-9-13-29(23)39(34(2,3)4)32(41)24-10-7-6-8-11-24)28-22-37(5)33(42)30(36-28)35-26-16-14-25(15-17-26)31(40)38-18-20-45(43,44)21-19-38/h6-17,22H,18-21H2,1-5H3,(H,35,36). The third kappa shape index (κ3) is 6.83. The summed E-state index contributed by atoms with van der Waals surface area (Å²) in [6.07, 6.45) is 1.67. The molecule has 0 bridgehead atoms. The van der Waals surface area contributed by atoms with E-state index >= 15 is 0 Å². The maximum absolute atomic E-state index is 13.7. The minimum absolute atomic E-state index is 0.0381. The molecular weight excluding hydrogens is 590 g/mol. The second kappa shape index (κ2) is 12.3. The lowest BCUT2D eigenvalue weighted by molar-refractivity contribution is 0.0770. The number of amides is 2. The first-order valence-corrected chi connectivity index (χ1v) is 16.5. The van der Waals surface area contributed by atoms with Crippen molar-refractivity contribution in [3.8, 4) is 11.3 Å². The quantitative estimate of drug-likeness (QED) is 0.326. The Balaban J connectivity index is 1.44. The summed E-state index contributed by atoms with van der Waals surface area (Å²) in [6, 6.07) is 21.5. The summed E-state index contributed by atoms with van der Waals surface area (Å²) < 4.78 is 24.9. The van der Waals surface area contributed by atoms with Gasteiger partial charge in [-0.15, -0.1) is 0 Å². The number of sulfone groups is 1. The lowest BCUT2D eigenvalue weighted by atomic mass is 9.97. The molecule has 11 heteroatoms. The fourth-order valence-corrected chi connectivity index (χ4v) is 6.58. The van der Waals surface area contributed by atoms with Crippen LogP contribution in [0.25, 0.3) is 11.3 Å². The molecule has 0 saturated carbocycles. The van der Waals surface area contributed by atoms with Gasteiger partial charge in [-0.1, -0.05) is 30.3 Å². The zero-order chi connectivity index (χ0) is 32.5. The number of aromatic nitrogens is 2. The molecule has 4 aromatic rings. The molecule has 0 radical (unpaired) electrons. The van der Waals surface area contributed by atoms with Gasteiger partial charge in [0.25, 0.3) is 17.4 Å². The molecule has 1 N–H and O–H groups in total. The van der Waals surface area contributed by atoms with Crippen LogP contribution >= 0.6 is 0 Å². The van der Waals surface area contributed by atoms with Gasteiger partial charge in [-0.25, -0.2) is 13.4 Å². The average molecular weight is 628 g/mol. The molecule has 0 atom stereocenters. The molecule has 0 aliphatic carbocycles. The fraction of sp³-hybridized carbons (Fsp3) is 0.294. The number of hydrogen-bond acceptors (Lipinski definition) is 7. The number of benzene rings is 3. The van der Waals surface area contributed by atoms with Crippen molar-refractivity contribution in [1.82, 2.24) is 14.5 Å². The van der Waals surface area contributed by atoms with Crippen LogP contribution < -0.4 is 15.8 Å². The topological polar surface area (TPSA) is 122 Å². The van der Waals surface area contributed by atoms with Crippen LogP contribution in [0.4, 0.5) is 17.2 Å². The zero-order valence-electron chi connectivity index (χ0n) is 26.1. The Hall–Kier alpha value is -4.77. The van der Waals surface area contributed by atoms with Crippen molar-refractivity contribution in [2.24, 2.45) is 7.05 Å². The van der Waals surface area contributed by atoms with Crippen molar-refractivity contribution in [2.45, 2.75) is 33.2 Å². The van der Waals surface area contributed by atoms with Crippen molar-refractivity contribution in [3.63, 3.8) is 0 Å². The Morgan fingerprint density at radius 1 is 0.889 bits per heavy atom. The van der Waals surface area contributed by atoms with Crippen molar-refractivity contribution in [3.05, 3.63) is 106 Å². The third-order valence-corrected chi connectivity index (χ3v) is 9.42. The molecule has 0 spiro atoms. The van der Waals surface area contributed by atoms with E-state index in [4.69, 9.17) is 0 Å². The monoisotopic (exact) mass is 627 g/mol. The van der Waals surface area contributed by atoms with Crippen LogP contribution in [0.1, 0.15) is 47.1 Å². The smallest absolute Gasteiger partial charge is 0.293 e. The van der Waals surface area contributed by atoms with Gasteiger partial charge >= 0.3 is 0 Å². The maximum Gasteiger partial charge on any atom is 0.293 e. The second-order valence-electron chi connectivity index (χ2n) is 12.2. The van der Waals surface area contributed by atoms with Crippen LogP contribution in [0, 0.1) is 6.92 Å². The van der Waals surface area contributed by atoms with Gasteiger partial charge in [-0.2, -0.15) is 0 Å². The lowest BCUT2D eigenvalue weighted by Crippen LogP contribution is -2.46. The maximum atomic E-state index is 13.7. The van der Waals surface area contributed by atoms with E-state index in [-0.39, 0.29) is 47.8 Å². The Labute approximate surface area is 263 Å². The summed E-state index contributed by atoms with van der Waals surface area (Å²) in [7, 11) is -1.44. The summed E-state index contributed by atoms with van der Waals surface area (Å²) in [4.78, 5) is 47.7. The van der Waals surface area contributed by atoms with Gasteiger partial charge in [-0.05, 0) is 75.7 Å². The van der Waals surface area contributed by atoms with Crippen molar-refractivity contribution < 1.29 is 18.0 Å². The van der Waals surface area contributed by atoms with E-state index in [0.717, 1.165) is 16.8 Å². The van der Waals surface area contributed by atoms with Crippen LogP contribution in [-0.2, 0) is 16.9 Å². The molecule has 5 rings (SSSR count). The van der Waals surface area contributed by atoms with E-state index in [1.165, 1.54) is 9.47 Å². The normalized spacial score (nSPS) is 14.6. The van der Waals surface area contributed by atoms with Gasteiger partial charge in [-0.3, -0.25) is 14.4 Å². The SMILES string of the molecule is Cc1c(-c2cn(C)c(=O)c(Nc3ccc(C(=O)N4CCS(=O)(=O)CC4)cc3)n2)cccc1N(C(=O)c1ccccc1)C(C)(C)C. The number of nitrogens with zero attached hydrogens (tertiary/aromatic N) is 4. The van der Waals surface area contributed by atoms with Crippen molar-refractivity contribution in [1.29, 1.82) is 0 Å². The molecule has 1 aliphatic heterocycles. The number of carbonyl (C=O) groups excluding carboxylic acids is 2. The minimum atomic E-state index is -3.10. The van der Waals surface area contributed by atoms with E-state index in [1.807, 2.05) is 64.1 Å². The molecule has 3 aromatic carbocycles. The largest absolute Gasteiger partial charge is 0.337 e. The number of rotatable bonds is 6. The van der Waals surface area contributed by atoms with E-state index in [1.54, 1.807) is 54.5 Å². The average Bonchev–Trinajstić information content (AvgIpc) is 3.00. The summed E-state index contributed by atoms with van der Waals surface area (Å²) in [5.74, 6) is -0.329. The zero-order valence-corrected chi connectivity index (χ0v) is 26.9. The van der Waals surface area contributed by atoms with Crippen LogP contribution in [0.15, 0.2) is 83.8 Å². The molecule has 1 aromatic heterocycles. The molecule has 10 nitrogen and oxygen atoms in total. The molecule has 1 aliphatic rings. The van der Waals surface area contributed by atoms with Crippen LogP contribution in [0.2, 0.25) is 0 Å². The highest BCUT2D eigenvalue weighted by molar-refractivity contribution is 7.91. The molecular formula is C34H37N5O5S. The van der Waals surface area contributed by atoms with E-state index < -0.39 is 15.4 Å². The first kappa shape index (κ1) is 31.6. The Kier molecular flexibility index (Phi) is 8.66. The van der Waals surface area contributed by atoms with Crippen molar-refractivity contribution in [2.75, 3.05) is 34.8 Å². The van der Waals surface area contributed by atoms with Crippen LogP contribution in [-0.4, -0.2) is 64.8 Å². The number of anilines is 3. The first-order chi connectivity index (χ1) is 21.2. The molecule has 2 amide bonds. The number of aryl methyl sites for hydroxylation is 1. The van der Waals surface area contributed by atoms with Gasteiger partial charge < -0.3 is 19.7 Å². The highest BCUT2D eigenvalue weighted by Gasteiger charge is 2.31. The summed E-state index contributed by atoms with van der Waals surface area (Å²) in [6.45, 7) is 8.24. The Bertz CT molecular complexity index is 1900. The fourth-order valence-electron chi connectivity index (χ4n) is 5.38. The van der Waals surface area contributed by atoms with Crippen LogP contribution in [0.3, 0.4) is 0 Å². The molecule has 0 unspecified atom stereocenters. The van der Waals surface area contributed by atoms with E-state index in [9.17, 15) is 22.8 Å². The predicted molar refractivity (Wildman–Crippen MR) is 177 cm³/mol. The van der Waals surface area contributed by atoms with Gasteiger partial charge in [0.1, 0.15) is 0 Å². The second-order valence-corrected chi connectivity index (χ2v) is 14.5. The summed E-state index contributed by atoms with van der Waals surface area (Å²) in [5, 5.41) is 3.09. The van der Waals surface area contributed by atoms with Crippen LogP contribution in [0.5, 0.6) is 0 Å². The molecule has 2 heterocycles. The van der Waals surface area contributed by atoms with Gasteiger partial charge in [0.2, 0.25) is 0 Å². The highest BCUT2D eigenvalue weighted by Crippen LogP contribution is 2.34. The minimum Gasteiger partial charge on any atom is -0.337 e. The summed E-state index contributed by atoms with van der Waals surface area (Å²) in [5.41, 5.74) is 3.60. The number of carbonyl (C=O) groups is 2. The Morgan fingerprint density at radius 3 is 2.16 bits per heavy atom. The lowest BCUT2D eigenvalue weighted by Gasteiger charge is -2.37. The number of hydrogen-bond donors (Lipinski definition) is 1. The highest BCUT2D eigenvalue weighted by atomic mass is 32.2. The first-order valence-electron chi connectivity index (χ1n) is 14.7. The van der Waals surface area contributed by atoms with E-state index in [2.05, 4.69) is 10.3 Å².